The van der Waals surface area contributed by atoms with Crippen LogP contribution in [0.5, 0.6) is 0 Å². The van der Waals surface area contributed by atoms with Crippen LogP contribution in [-0.2, 0) is 10.0 Å². The Morgan fingerprint density at radius 3 is 2.21 bits per heavy atom. The van der Waals surface area contributed by atoms with Gasteiger partial charge in [0.2, 0.25) is 10.0 Å². The van der Waals surface area contributed by atoms with Crippen molar-refractivity contribution in [2.75, 3.05) is 51.6 Å². The van der Waals surface area contributed by atoms with Gasteiger partial charge in [0.1, 0.15) is 0 Å². The molecule has 0 aromatic rings. The average molecular weight is 312 g/mol. The lowest BCUT2D eigenvalue weighted by Gasteiger charge is -2.36. The summed E-state index contributed by atoms with van der Waals surface area (Å²) in [5.74, 6) is 1.02. The zero-order valence-corrected chi connectivity index (χ0v) is 13.3. The highest BCUT2D eigenvalue weighted by Crippen LogP contribution is 2.15. The second-order valence-corrected chi connectivity index (χ2v) is 7.55. The summed E-state index contributed by atoms with van der Waals surface area (Å²) in [6.45, 7) is 8.25. The standard InChI is InChI=1S/C12H25N3O2S.ClH/c1-2-18(16,17)15-9-7-14(8-10-15)11-12-3-5-13-6-4-12;/h12-13H,2-11H2,1H3;1H. The highest BCUT2D eigenvalue weighted by molar-refractivity contribution is 7.89. The van der Waals surface area contributed by atoms with Gasteiger partial charge in [0.15, 0.2) is 0 Å². The van der Waals surface area contributed by atoms with Crippen molar-refractivity contribution in [2.24, 2.45) is 5.92 Å². The van der Waals surface area contributed by atoms with Gasteiger partial charge in [0, 0.05) is 32.7 Å². The van der Waals surface area contributed by atoms with Crippen molar-refractivity contribution in [1.82, 2.24) is 14.5 Å². The van der Waals surface area contributed by atoms with Gasteiger partial charge in [-0.15, -0.1) is 12.4 Å². The lowest BCUT2D eigenvalue weighted by atomic mass is 9.97. The van der Waals surface area contributed by atoms with E-state index in [-0.39, 0.29) is 18.2 Å². The molecule has 0 amide bonds. The molecular weight excluding hydrogens is 286 g/mol. The van der Waals surface area contributed by atoms with Crippen molar-refractivity contribution in [3.63, 3.8) is 0 Å². The summed E-state index contributed by atoms with van der Waals surface area (Å²) in [6.07, 6.45) is 2.51. The molecule has 2 saturated heterocycles. The third kappa shape index (κ3) is 4.86. The lowest BCUT2D eigenvalue weighted by Crippen LogP contribution is -2.50. The van der Waals surface area contributed by atoms with Gasteiger partial charge < -0.3 is 10.2 Å². The lowest BCUT2D eigenvalue weighted by molar-refractivity contribution is 0.152. The van der Waals surface area contributed by atoms with Crippen molar-refractivity contribution in [3.8, 4) is 0 Å². The first-order valence-electron chi connectivity index (χ1n) is 7.02. The molecule has 2 aliphatic rings. The van der Waals surface area contributed by atoms with Crippen molar-refractivity contribution in [2.45, 2.75) is 19.8 Å². The number of rotatable bonds is 4. The van der Waals surface area contributed by atoms with E-state index in [1.165, 1.54) is 12.8 Å². The minimum Gasteiger partial charge on any atom is -0.317 e. The maximum absolute atomic E-state index is 11.8. The van der Waals surface area contributed by atoms with Gasteiger partial charge in [-0.25, -0.2) is 8.42 Å². The predicted molar refractivity (Wildman–Crippen MR) is 80.3 cm³/mol. The van der Waals surface area contributed by atoms with Gasteiger partial charge in [0.25, 0.3) is 0 Å². The normalized spacial score (nSPS) is 24.1. The second-order valence-electron chi connectivity index (χ2n) is 5.29. The van der Waals surface area contributed by atoms with Gasteiger partial charge >= 0.3 is 0 Å². The van der Waals surface area contributed by atoms with Gasteiger partial charge in [-0.05, 0) is 38.8 Å². The molecule has 2 rings (SSSR count). The zero-order valence-electron chi connectivity index (χ0n) is 11.7. The number of hydrogen-bond donors (Lipinski definition) is 1. The molecule has 0 spiro atoms. The topological polar surface area (TPSA) is 52.7 Å². The summed E-state index contributed by atoms with van der Waals surface area (Å²) in [5.41, 5.74) is 0. The third-order valence-corrected chi connectivity index (χ3v) is 5.95. The van der Waals surface area contributed by atoms with Gasteiger partial charge in [0.05, 0.1) is 5.75 Å². The highest BCUT2D eigenvalue weighted by Gasteiger charge is 2.26. The van der Waals surface area contributed by atoms with E-state index < -0.39 is 10.0 Å². The molecule has 2 aliphatic heterocycles. The number of nitrogens with zero attached hydrogens (tertiary/aromatic N) is 2. The fourth-order valence-corrected chi connectivity index (χ4v) is 3.89. The van der Waals surface area contributed by atoms with Crippen molar-refractivity contribution in [1.29, 1.82) is 0 Å². The van der Waals surface area contributed by atoms with Gasteiger partial charge in [-0.2, -0.15) is 4.31 Å². The van der Waals surface area contributed by atoms with Crippen LogP contribution < -0.4 is 5.32 Å². The third-order valence-electron chi connectivity index (χ3n) is 4.06. The molecule has 0 aromatic carbocycles. The molecule has 0 aromatic heterocycles. The van der Waals surface area contributed by atoms with Crippen LogP contribution in [0, 0.1) is 5.92 Å². The number of nitrogens with one attached hydrogen (secondary N) is 1. The van der Waals surface area contributed by atoms with Crippen LogP contribution in [0.25, 0.3) is 0 Å². The minimum atomic E-state index is -2.98. The molecule has 0 saturated carbocycles. The van der Waals surface area contributed by atoms with E-state index in [4.69, 9.17) is 0 Å². The number of piperidine rings is 1. The molecule has 7 heteroatoms. The Bertz CT molecular complexity index is 350. The first-order valence-corrected chi connectivity index (χ1v) is 8.63. The SMILES string of the molecule is CCS(=O)(=O)N1CCN(CC2CCNCC2)CC1.Cl. The van der Waals surface area contributed by atoms with Crippen LogP contribution in [-0.4, -0.2) is 69.2 Å². The van der Waals surface area contributed by atoms with E-state index in [2.05, 4.69) is 10.2 Å². The van der Waals surface area contributed by atoms with Crippen LogP contribution in [0.4, 0.5) is 0 Å². The van der Waals surface area contributed by atoms with E-state index in [1.54, 1.807) is 11.2 Å². The Morgan fingerprint density at radius 2 is 1.68 bits per heavy atom. The second kappa shape index (κ2) is 7.78. The molecule has 2 fully saturated rings. The van der Waals surface area contributed by atoms with E-state index in [0.29, 0.717) is 13.1 Å². The van der Waals surface area contributed by atoms with Crippen LogP contribution in [0.1, 0.15) is 19.8 Å². The summed E-state index contributed by atoms with van der Waals surface area (Å²) < 4.78 is 25.1. The van der Waals surface area contributed by atoms with E-state index >= 15 is 0 Å². The first kappa shape index (κ1) is 17.2. The predicted octanol–water partition coefficient (Wildman–Crippen LogP) is 0.375. The highest BCUT2D eigenvalue weighted by atomic mass is 35.5. The molecule has 0 radical (unpaired) electrons. The zero-order chi connectivity index (χ0) is 13.0. The smallest absolute Gasteiger partial charge is 0.213 e. The molecule has 114 valence electrons. The van der Waals surface area contributed by atoms with Crippen LogP contribution >= 0.6 is 12.4 Å². The van der Waals surface area contributed by atoms with Crippen LogP contribution in [0.15, 0.2) is 0 Å². The summed E-state index contributed by atoms with van der Waals surface area (Å²) >= 11 is 0. The summed E-state index contributed by atoms with van der Waals surface area (Å²) in [5, 5.41) is 3.38. The van der Waals surface area contributed by atoms with Crippen molar-refractivity contribution < 1.29 is 8.42 Å². The molecule has 0 bridgehead atoms. The Morgan fingerprint density at radius 1 is 1.11 bits per heavy atom. The molecule has 2 heterocycles. The van der Waals surface area contributed by atoms with Gasteiger partial charge in [-0.3, -0.25) is 0 Å². The summed E-state index contributed by atoms with van der Waals surface area (Å²) in [4.78, 5) is 2.43. The maximum Gasteiger partial charge on any atom is 0.213 e. The molecule has 19 heavy (non-hydrogen) atoms. The van der Waals surface area contributed by atoms with Crippen molar-refractivity contribution >= 4 is 22.4 Å². The summed E-state index contributed by atoms with van der Waals surface area (Å²) in [6, 6.07) is 0. The Labute approximate surface area is 123 Å². The fourth-order valence-electron chi connectivity index (χ4n) is 2.80. The molecule has 5 nitrogen and oxygen atoms in total. The number of piperazine rings is 1. The molecule has 0 atom stereocenters. The van der Waals surface area contributed by atoms with E-state index in [0.717, 1.165) is 38.6 Å². The van der Waals surface area contributed by atoms with Gasteiger partial charge in [-0.1, -0.05) is 0 Å². The van der Waals surface area contributed by atoms with E-state index in [9.17, 15) is 8.42 Å². The molecule has 0 aliphatic carbocycles. The van der Waals surface area contributed by atoms with Crippen LogP contribution in [0.2, 0.25) is 0 Å². The summed E-state index contributed by atoms with van der Waals surface area (Å²) in [7, 11) is -2.98. The number of sulfonamides is 1. The molecular formula is C12H26ClN3O2S. The minimum absolute atomic E-state index is 0. The number of halogens is 1. The maximum atomic E-state index is 11.8. The molecule has 0 unspecified atom stereocenters. The Kier molecular flexibility index (Phi) is 7.04. The Hall–Kier alpha value is 0.120. The Balaban J connectivity index is 0.00000180. The van der Waals surface area contributed by atoms with Crippen molar-refractivity contribution in [3.05, 3.63) is 0 Å². The largest absolute Gasteiger partial charge is 0.317 e. The van der Waals surface area contributed by atoms with E-state index in [1.807, 2.05) is 0 Å². The fraction of sp³-hybridized carbons (Fsp3) is 1.00. The monoisotopic (exact) mass is 311 g/mol. The quantitative estimate of drug-likeness (QED) is 0.815. The first-order chi connectivity index (χ1) is 8.62. The number of hydrogen-bond acceptors (Lipinski definition) is 4. The molecule has 1 N–H and O–H groups in total. The van der Waals surface area contributed by atoms with Crippen LogP contribution in [0.3, 0.4) is 0 Å². The average Bonchev–Trinajstić information content (AvgIpc) is 2.40.